The van der Waals surface area contributed by atoms with E-state index in [0.717, 1.165) is 6.54 Å². The summed E-state index contributed by atoms with van der Waals surface area (Å²) < 4.78 is 1.22. The second-order valence-corrected chi connectivity index (χ2v) is 4.19. The van der Waals surface area contributed by atoms with Crippen molar-refractivity contribution in [2.75, 3.05) is 27.2 Å². The third-order valence-electron chi connectivity index (χ3n) is 1.84. The van der Waals surface area contributed by atoms with Crippen LogP contribution >= 0.6 is 23.4 Å². The molecule has 0 aliphatic carbocycles. The van der Waals surface area contributed by atoms with Gasteiger partial charge in [-0.2, -0.15) is 4.53 Å². The fourth-order valence-corrected chi connectivity index (χ4v) is 1.62. The van der Waals surface area contributed by atoms with Gasteiger partial charge in [-0.25, -0.2) is 5.01 Å². The molecule has 0 fully saturated rings. The fraction of sp³-hybridized carbons (Fsp3) is 0.625. The van der Waals surface area contributed by atoms with Crippen LogP contribution in [-0.2, 0) is 4.79 Å². The van der Waals surface area contributed by atoms with Crippen molar-refractivity contribution in [3.05, 3.63) is 11.2 Å². The normalized spacial score (nSPS) is 17.8. The van der Waals surface area contributed by atoms with Crippen LogP contribution in [0.3, 0.4) is 0 Å². The first-order valence-corrected chi connectivity index (χ1v) is 4.98. The summed E-state index contributed by atoms with van der Waals surface area (Å²) in [7, 11) is 3.88. The van der Waals surface area contributed by atoms with Crippen molar-refractivity contribution in [2.24, 2.45) is 0 Å². The molecular formula is C8H13Cl2N3O. The molecule has 6 heteroatoms. The number of likely N-dealkylation sites (N-methyl/N-ethyl adjacent to an activating group) is 1. The minimum absolute atomic E-state index is 0.0747. The van der Waals surface area contributed by atoms with E-state index in [0.29, 0.717) is 11.6 Å². The van der Waals surface area contributed by atoms with Gasteiger partial charge >= 0.3 is 0 Å². The van der Waals surface area contributed by atoms with Crippen molar-refractivity contribution in [1.29, 1.82) is 0 Å². The van der Waals surface area contributed by atoms with Gasteiger partial charge < -0.3 is 4.90 Å². The number of nitrogens with zero attached hydrogens (tertiary/aromatic N) is 3. The maximum absolute atomic E-state index is 11.5. The zero-order valence-corrected chi connectivity index (χ0v) is 9.72. The van der Waals surface area contributed by atoms with E-state index < -0.39 is 0 Å². The lowest BCUT2D eigenvalue weighted by atomic mass is 10.3. The van der Waals surface area contributed by atoms with Gasteiger partial charge in [0.15, 0.2) is 0 Å². The van der Waals surface area contributed by atoms with Crippen LogP contribution in [0.1, 0.15) is 6.42 Å². The van der Waals surface area contributed by atoms with E-state index in [1.54, 1.807) is 6.20 Å². The number of hydrogen-bond donors (Lipinski definition) is 0. The summed E-state index contributed by atoms with van der Waals surface area (Å²) >= 11 is 11.5. The molecule has 4 nitrogen and oxygen atoms in total. The van der Waals surface area contributed by atoms with Gasteiger partial charge in [0, 0.05) is 23.4 Å². The molecule has 0 N–H and O–H groups in total. The van der Waals surface area contributed by atoms with Gasteiger partial charge in [0.2, 0.25) is 5.91 Å². The lowest BCUT2D eigenvalue weighted by Gasteiger charge is -2.32. The molecule has 0 aromatic heterocycles. The number of carbonyl (C=O) groups is 1. The largest absolute Gasteiger partial charge is 0.308 e. The standard InChI is InChI=1S/C8H13Cl2N3O/c1-11(2)3-4-12-8(14)5-7(9)6-13(12)10/h6H,3-5H2,1-2H3. The summed E-state index contributed by atoms with van der Waals surface area (Å²) in [5.74, 6) is -0.0747. The van der Waals surface area contributed by atoms with Crippen LogP contribution in [0.2, 0.25) is 0 Å². The molecule has 0 aromatic carbocycles. The summed E-state index contributed by atoms with van der Waals surface area (Å²) in [5.41, 5.74) is 0. The van der Waals surface area contributed by atoms with Crippen molar-refractivity contribution in [3.63, 3.8) is 0 Å². The lowest BCUT2D eigenvalue weighted by molar-refractivity contribution is -0.139. The highest BCUT2D eigenvalue weighted by atomic mass is 35.5. The SMILES string of the molecule is CN(C)CCN1C(=O)CC(Cl)=CN1Cl. The molecule has 80 valence electrons. The highest BCUT2D eigenvalue weighted by Gasteiger charge is 2.23. The van der Waals surface area contributed by atoms with Gasteiger partial charge in [0.1, 0.15) is 0 Å². The Labute approximate surface area is 93.7 Å². The van der Waals surface area contributed by atoms with Crippen LogP contribution in [0.4, 0.5) is 0 Å². The van der Waals surface area contributed by atoms with E-state index in [1.807, 2.05) is 19.0 Å². The van der Waals surface area contributed by atoms with E-state index >= 15 is 0 Å². The third-order valence-corrected chi connectivity index (χ3v) is 2.36. The first kappa shape index (κ1) is 11.6. The van der Waals surface area contributed by atoms with Crippen LogP contribution in [0.5, 0.6) is 0 Å². The average molecular weight is 238 g/mol. The molecule has 0 bridgehead atoms. The number of halogens is 2. The highest BCUT2D eigenvalue weighted by Crippen LogP contribution is 2.20. The lowest BCUT2D eigenvalue weighted by Crippen LogP contribution is -2.44. The Hall–Kier alpha value is -0.450. The second-order valence-electron chi connectivity index (χ2n) is 3.36. The molecule has 0 atom stereocenters. The molecule has 0 saturated carbocycles. The number of rotatable bonds is 3. The van der Waals surface area contributed by atoms with E-state index in [4.69, 9.17) is 23.4 Å². The highest BCUT2D eigenvalue weighted by molar-refractivity contribution is 6.31. The number of amides is 1. The van der Waals surface area contributed by atoms with Crippen molar-refractivity contribution in [3.8, 4) is 0 Å². The molecule has 0 saturated heterocycles. The Morgan fingerprint density at radius 2 is 2.21 bits per heavy atom. The summed E-state index contributed by atoms with van der Waals surface area (Å²) in [6.45, 7) is 1.33. The van der Waals surface area contributed by atoms with Gasteiger partial charge in [-0.3, -0.25) is 4.79 Å². The van der Waals surface area contributed by atoms with Gasteiger partial charge in [-0.05, 0) is 14.1 Å². The van der Waals surface area contributed by atoms with Gasteiger partial charge in [0.25, 0.3) is 0 Å². The van der Waals surface area contributed by atoms with E-state index in [2.05, 4.69) is 0 Å². The van der Waals surface area contributed by atoms with Crippen molar-refractivity contribution in [1.82, 2.24) is 14.4 Å². The van der Waals surface area contributed by atoms with E-state index in [9.17, 15) is 4.79 Å². The van der Waals surface area contributed by atoms with Crippen molar-refractivity contribution in [2.45, 2.75) is 6.42 Å². The van der Waals surface area contributed by atoms with Gasteiger partial charge in [-0.1, -0.05) is 11.6 Å². The molecule has 1 amide bonds. The molecular weight excluding hydrogens is 225 g/mol. The van der Waals surface area contributed by atoms with Crippen LogP contribution in [-0.4, -0.2) is 47.5 Å². The van der Waals surface area contributed by atoms with Gasteiger partial charge in [0.05, 0.1) is 19.2 Å². The molecule has 1 aliphatic heterocycles. The zero-order valence-electron chi connectivity index (χ0n) is 8.20. The Bertz CT molecular complexity index is 255. The van der Waals surface area contributed by atoms with Crippen LogP contribution in [0.15, 0.2) is 11.2 Å². The quantitative estimate of drug-likeness (QED) is 0.692. The average Bonchev–Trinajstić information content (AvgIpc) is 2.01. The maximum atomic E-state index is 11.5. The molecule has 0 unspecified atom stereocenters. The van der Waals surface area contributed by atoms with Crippen molar-refractivity contribution < 1.29 is 4.79 Å². The number of hydrazine groups is 1. The Kier molecular flexibility index (Phi) is 4.04. The first-order valence-electron chi connectivity index (χ1n) is 4.27. The maximum Gasteiger partial charge on any atom is 0.247 e. The van der Waals surface area contributed by atoms with Crippen LogP contribution in [0.25, 0.3) is 0 Å². The molecule has 0 radical (unpaired) electrons. The minimum atomic E-state index is -0.0747. The Morgan fingerprint density at radius 1 is 1.57 bits per heavy atom. The summed E-state index contributed by atoms with van der Waals surface area (Å²) in [5, 5.41) is 1.93. The summed E-state index contributed by atoms with van der Waals surface area (Å²) in [4.78, 5) is 13.5. The van der Waals surface area contributed by atoms with Crippen LogP contribution < -0.4 is 0 Å². The fourth-order valence-electron chi connectivity index (χ4n) is 1.09. The molecule has 14 heavy (non-hydrogen) atoms. The predicted molar refractivity (Wildman–Crippen MR) is 56.5 cm³/mol. The molecule has 0 aromatic rings. The smallest absolute Gasteiger partial charge is 0.247 e. The first-order chi connectivity index (χ1) is 6.50. The molecule has 0 spiro atoms. The monoisotopic (exact) mass is 237 g/mol. The van der Waals surface area contributed by atoms with Crippen LogP contribution in [0, 0.1) is 0 Å². The summed E-state index contributed by atoms with van der Waals surface area (Å²) in [6.07, 6.45) is 1.78. The van der Waals surface area contributed by atoms with Gasteiger partial charge in [-0.15, -0.1) is 0 Å². The van der Waals surface area contributed by atoms with E-state index in [-0.39, 0.29) is 12.3 Å². The molecule has 1 rings (SSSR count). The molecule has 1 heterocycles. The van der Waals surface area contributed by atoms with E-state index in [1.165, 1.54) is 9.54 Å². The Balaban J connectivity index is 2.56. The summed E-state index contributed by atoms with van der Waals surface area (Å²) in [6, 6.07) is 0. The molecule has 1 aliphatic rings. The predicted octanol–water partition coefficient (Wildman–Crippen LogP) is 1.23. The minimum Gasteiger partial charge on any atom is -0.308 e. The topological polar surface area (TPSA) is 26.8 Å². The number of carbonyl (C=O) groups excluding carboxylic acids is 1. The second kappa shape index (κ2) is 4.87. The van der Waals surface area contributed by atoms with Crippen molar-refractivity contribution >= 4 is 29.3 Å². The Morgan fingerprint density at radius 3 is 2.71 bits per heavy atom. The third kappa shape index (κ3) is 3.04. The zero-order chi connectivity index (χ0) is 10.7. The number of hydrogen-bond acceptors (Lipinski definition) is 3.